The van der Waals surface area contributed by atoms with E-state index in [0.717, 1.165) is 29.9 Å². The molecule has 2 rings (SSSR count). The predicted octanol–water partition coefficient (Wildman–Crippen LogP) is 3.72. The standard InChI is InChI=1S/C16H21N3O2/c1-5-8-17-15-12(3)16(19-10-18-15)21-13-7-6-11(2)9-14(13)20-4/h6-7,9-10H,5,8H2,1-4H3,(H,17,18,19). The Kier molecular flexibility index (Phi) is 4.98. The molecule has 0 spiro atoms. The molecule has 1 N–H and O–H groups in total. The van der Waals surface area contributed by atoms with Crippen LogP contribution in [0.5, 0.6) is 17.4 Å². The highest BCUT2D eigenvalue weighted by Gasteiger charge is 2.11. The van der Waals surface area contributed by atoms with Gasteiger partial charge in [-0.1, -0.05) is 13.0 Å². The van der Waals surface area contributed by atoms with Crippen molar-refractivity contribution in [2.24, 2.45) is 0 Å². The smallest absolute Gasteiger partial charge is 0.227 e. The second kappa shape index (κ2) is 6.92. The lowest BCUT2D eigenvalue weighted by molar-refractivity contribution is 0.372. The van der Waals surface area contributed by atoms with E-state index in [2.05, 4.69) is 22.2 Å². The fourth-order valence-electron chi connectivity index (χ4n) is 1.92. The molecule has 5 nitrogen and oxygen atoms in total. The van der Waals surface area contributed by atoms with Gasteiger partial charge in [-0.25, -0.2) is 9.97 Å². The van der Waals surface area contributed by atoms with Crippen LogP contribution in [0, 0.1) is 13.8 Å². The first kappa shape index (κ1) is 15.1. The van der Waals surface area contributed by atoms with Crippen LogP contribution in [0.4, 0.5) is 5.82 Å². The third-order valence-corrected chi connectivity index (χ3v) is 3.11. The molecular formula is C16H21N3O2. The van der Waals surface area contributed by atoms with Crippen LogP contribution in [-0.4, -0.2) is 23.6 Å². The minimum atomic E-state index is 0.533. The number of nitrogens with one attached hydrogen (secondary N) is 1. The zero-order chi connectivity index (χ0) is 15.2. The SMILES string of the molecule is CCCNc1ncnc(Oc2ccc(C)cc2OC)c1C. The Balaban J connectivity index is 2.27. The molecule has 0 radical (unpaired) electrons. The largest absolute Gasteiger partial charge is 0.493 e. The van der Waals surface area contributed by atoms with E-state index in [4.69, 9.17) is 9.47 Å². The second-order valence-electron chi connectivity index (χ2n) is 4.84. The van der Waals surface area contributed by atoms with Gasteiger partial charge in [0.05, 0.1) is 12.7 Å². The molecule has 1 aromatic heterocycles. The number of methoxy groups -OCH3 is 1. The molecule has 1 heterocycles. The van der Waals surface area contributed by atoms with Crippen LogP contribution in [0.15, 0.2) is 24.5 Å². The maximum absolute atomic E-state index is 5.89. The number of nitrogens with zero attached hydrogens (tertiary/aromatic N) is 2. The van der Waals surface area contributed by atoms with Crippen LogP contribution in [0.3, 0.4) is 0 Å². The van der Waals surface area contributed by atoms with Gasteiger partial charge in [-0.2, -0.15) is 0 Å². The van der Waals surface area contributed by atoms with Crippen LogP contribution in [0.2, 0.25) is 0 Å². The molecule has 0 saturated heterocycles. The van der Waals surface area contributed by atoms with Crippen molar-refractivity contribution >= 4 is 5.82 Å². The lowest BCUT2D eigenvalue weighted by Crippen LogP contribution is -2.05. The lowest BCUT2D eigenvalue weighted by atomic mass is 10.2. The topological polar surface area (TPSA) is 56.3 Å². The molecule has 0 atom stereocenters. The van der Waals surface area contributed by atoms with Crippen molar-refractivity contribution in [3.8, 4) is 17.4 Å². The van der Waals surface area contributed by atoms with Gasteiger partial charge < -0.3 is 14.8 Å². The average Bonchev–Trinajstić information content (AvgIpc) is 2.49. The predicted molar refractivity (Wildman–Crippen MR) is 83.4 cm³/mol. The number of aromatic nitrogens is 2. The Morgan fingerprint density at radius 3 is 2.67 bits per heavy atom. The average molecular weight is 287 g/mol. The number of hydrogen-bond donors (Lipinski definition) is 1. The Morgan fingerprint density at radius 1 is 1.14 bits per heavy atom. The number of ether oxygens (including phenoxy) is 2. The summed E-state index contributed by atoms with van der Waals surface area (Å²) in [7, 11) is 1.63. The van der Waals surface area contributed by atoms with Gasteiger partial charge in [-0.15, -0.1) is 0 Å². The zero-order valence-electron chi connectivity index (χ0n) is 12.9. The van der Waals surface area contributed by atoms with Crippen molar-refractivity contribution in [1.82, 2.24) is 9.97 Å². The lowest BCUT2D eigenvalue weighted by Gasteiger charge is -2.13. The molecule has 5 heteroatoms. The summed E-state index contributed by atoms with van der Waals surface area (Å²) in [4.78, 5) is 8.45. The fourth-order valence-corrected chi connectivity index (χ4v) is 1.92. The fraction of sp³-hybridized carbons (Fsp3) is 0.375. The minimum Gasteiger partial charge on any atom is -0.493 e. The van der Waals surface area contributed by atoms with Gasteiger partial charge >= 0.3 is 0 Å². The van der Waals surface area contributed by atoms with Crippen molar-refractivity contribution in [3.63, 3.8) is 0 Å². The molecule has 0 aliphatic carbocycles. The highest BCUT2D eigenvalue weighted by Crippen LogP contribution is 2.33. The van der Waals surface area contributed by atoms with Crippen LogP contribution in [-0.2, 0) is 0 Å². The quantitative estimate of drug-likeness (QED) is 0.877. The Bertz CT molecular complexity index is 614. The highest BCUT2D eigenvalue weighted by atomic mass is 16.5. The van der Waals surface area contributed by atoms with Gasteiger partial charge in [0.2, 0.25) is 5.88 Å². The third-order valence-electron chi connectivity index (χ3n) is 3.11. The van der Waals surface area contributed by atoms with E-state index < -0.39 is 0 Å². The first-order chi connectivity index (χ1) is 10.2. The molecule has 0 aliphatic heterocycles. The van der Waals surface area contributed by atoms with Gasteiger partial charge in [0.25, 0.3) is 0 Å². The van der Waals surface area contributed by atoms with E-state index in [1.54, 1.807) is 7.11 Å². The first-order valence-electron chi connectivity index (χ1n) is 7.03. The molecule has 0 bridgehead atoms. The maximum Gasteiger partial charge on any atom is 0.227 e. The summed E-state index contributed by atoms with van der Waals surface area (Å²) >= 11 is 0. The number of rotatable bonds is 6. The van der Waals surface area contributed by atoms with Crippen LogP contribution >= 0.6 is 0 Å². The van der Waals surface area contributed by atoms with Gasteiger partial charge in [-0.05, 0) is 38.0 Å². The van der Waals surface area contributed by atoms with Crippen molar-refractivity contribution < 1.29 is 9.47 Å². The van der Waals surface area contributed by atoms with Gasteiger partial charge in [0.15, 0.2) is 11.5 Å². The second-order valence-corrected chi connectivity index (χ2v) is 4.84. The van der Waals surface area contributed by atoms with Crippen molar-refractivity contribution in [1.29, 1.82) is 0 Å². The van der Waals surface area contributed by atoms with Gasteiger partial charge in [0, 0.05) is 6.54 Å². The molecule has 21 heavy (non-hydrogen) atoms. The number of aryl methyl sites for hydroxylation is 1. The van der Waals surface area contributed by atoms with Crippen molar-refractivity contribution in [3.05, 3.63) is 35.7 Å². The Morgan fingerprint density at radius 2 is 1.95 bits per heavy atom. The summed E-state index contributed by atoms with van der Waals surface area (Å²) in [6, 6.07) is 5.79. The van der Waals surface area contributed by atoms with Gasteiger partial charge in [-0.3, -0.25) is 0 Å². The molecule has 0 fully saturated rings. The molecule has 2 aromatic rings. The Labute approximate surface area is 125 Å². The molecule has 112 valence electrons. The van der Waals surface area contributed by atoms with Crippen LogP contribution in [0.25, 0.3) is 0 Å². The Hall–Kier alpha value is -2.30. The molecular weight excluding hydrogens is 266 g/mol. The summed E-state index contributed by atoms with van der Waals surface area (Å²) in [5, 5.41) is 3.26. The van der Waals surface area contributed by atoms with E-state index in [-0.39, 0.29) is 0 Å². The van der Waals surface area contributed by atoms with E-state index in [0.29, 0.717) is 17.4 Å². The summed E-state index contributed by atoms with van der Waals surface area (Å²) in [6.45, 7) is 6.92. The maximum atomic E-state index is 5.89. The van der Waals surface area contributed by atoms with Crippen LogP contribution in [0.1, 0.15) is 24.5 Å². The molecule has 0 unspecified atom stereocenters. The number of benzene rings is 1. The van der Waals surface area contributed by atoms with E-state index in [1.807, 2.05) is 32.0 Å². The molecule has 0 aliphatic rings. The molecule has 0 amide bonds. The van der Waals surface area contributed by atoms with Crippen LogP contribution < -0.4 is 14.8 Å². The molecule has 0 saturated carbocycles. The summed E-state index contributed by atoms with van der Waals surface area (Å²) < 4.78 is 11.2. The van der Waals surface area contributed by atoms with Gasteiger partial charge in [0.1, 0.15) is 12.1 Å². The minimum absolute atomic E-state index is 0.533. The molecule has 1 aromatic carbocycles. The van der Waals surface area contributed by atoms with E-state index in [9.17, 15) is 0 Å². The first-order valence-corrected chi connectivity index (χ1v) is 7.03. The number of hydrogen-bond acceptors (Lipinski definition) is 5. The zero-order valence-corrected chi connectivity index (χ0v) is 12.9. The monoisotopic (exact) mass is 287 g/mol. The third kappa shape index (κ3) is 3.62. The summed E-state index contributed by atoms with van der Waals surface area (Å²) in [5.41, 5.74) is 2.00. The highest BCUT2D eigenvalue weighted by molar-refractivity contribution is 5.50. The van der Waals surface area contributed by atoms with E-state index >= 15 is 0 Å². The van der Waals surface area contributed by atoms with Crippen molar-refractivity contribution in [2.45, 2.75) is 27.2 Å². The number of anilines is 1. The normalized spacial score (nSPS) is 10.3. The summed E-state index contributed by atoms with van der Waals surface area (Å²) in [5.74, 6) is 2.67. The van der Waals surface area contributed by atoms with E-state index in [1.165, 1.54) is 6.33 Å². The van der Waals surface area contributed by atoms with Crippen molar-refractivity contribution in [2.75, 3.05) is 19.0 Å². The summed E-state index contributed by atoms with van der Waals surface area (Å²) in [6.07, 6.45) is 2.53.